The summed E-state index contributed by atoms with van der Waals surface area (Å²) < 4.78 is 5.39. The van der Waals surface area contributed by atoms with Crippen LogP contribution < -0.4 is 21.7 Å². The molecule has 0 aromatic carbocycles. The van der Waals surface area contributed by atoms with Crippen LogP contribution in [0.2, 0.25) is 0 Å². The number of rotatable bonds is 3. The molecule has 1 amide bonds. The van der Waals surface area contributed by atoms with Crippen LogP contribution >= 0.6 is 0 Å². The summed E-state index contributed by atoms with van der Waals surface area (Å²) in [5, 5.41) is 2.87. The number of aromatic nitrogens is 2. The predicted molar refractivity (Wildman–Crippen MR) is 76.1 cm³/mol. The minimum atomic E-state index is -0.445. The monoisotopic (exact) mass is 280 g/mol. The maximum atomic E-state index is 12.2. The molecule has 1 aromatic rings. The maximum Gasteiger partial charge on any atom is 0.245 e. The van der Waals surface area contributed by atoms with Crippen molar-refractivity contribution in [2.24, 2.45) is 0 Å². The molecule has 0 bridgehead atoms. The number of anilines is 3. The van der Waals surface area contributed by atoms with Crippen LogP contribution in [-0.4, -0.2) is 47.7 Å². The number of carbonyl (C=O) groups excluding carboxylic acids is 1. The van der Waals surface area contributed by atoms with Gasteiger partial charge in [-0.2, -0.15) is 9.97 Å². The standard InChI is InChI=1S/C12H20N6O2/c1-7(2)15-11(19)8-6-20-4-3-18(8)10-5-9(13)16-12(14)17-10/h5,7-8H,3-4,6H2,1-2H3,(H,15,19)(H4,13,14,16,17). The molecule has 0 radical (unpaired) electrons. The van der Waals surface area contributed by atoms with E-state index in [9.17, 15) is 4.79 Å². The van der Waals surface area contributed by atoms with Gasteiger partial charge in [-0.15, -0.1) is 0 Å². The molecule has 1 atom stereocenters. The topological polar surface area (TPSA) is 119 Å². The van der Waals surface area contributed by atoms with Crippen LogP contribution in [0.1, 0.15) is 13.8 Å². The molecule has 2 rings (SSSR count). The zero-order valence-electron chi connectivity index (χ0n) is 11.7. The van der Waals surface area contributed by atoms with E-state index >= 15 is 0 Å². The number of hydrogen-bond donors (Lipinski definition) is 3. The summed E-state index contributed by atoms with van der Waals surface area (Å²) >= 11 is 0. The van der Waals surface area contributed by atoms with Crippen LogP contribution in [0.25, 0.3) is 0 Å². The molecular formula is C12H20N6O2. The molecular weight excluding hydrogens is 260 g/mol. The Morgan fingerprint density at radius 3 is 2.90 bits per heavy atom. The third-order valence-electron chi connectivity index (χ3n) is 2.91. The number of nitrogens with zero attached hydrogens (tertiary/aromatic N) is 3. The third kappa shape index (κ3) is 3.27. The maximum absolute atomic E-state index is 12.2. The first-order chi connectivity index (χ1) is 9.47. The van der Waals surface area contributed by atoms with Gasteiger partial charge in [0.15, 0.2) is 0 Å². The van der Waals surface area contributed by atoms with Crippen LogP contribution in [0.3, 0.4) is 0 Å². The van der Waals surface area contributed by atoms with Crippen molar-refractivity contribution in [3.05, 3.63) is 6.07 Å². The summed E-state index contributed by atoms with van der Waals surface area (Å²) in [6, 6.07) is 1.23. The molecule has 1 saturated heterocycles. The van der Waals surface area contributed by atoms with Gasteiger partial charge in [-0.3, -0.25) is 4.79 Å². The second-order valence-electron chi connectivity index (χ2n) is 4.96. The van der Waals surface area contributed by atoms with Crippen molar-refractivity contribution < 1.29 is 9.53 Å². The van der Waals surface area contributed by atoms with E-state index in [2.05, 4.69) is 15.3 Å². The van der Waals surface area contributed by atoms with Crippen molar-refractivity contribution in [3.63, 3.8) is 0 Å². The number of ether oxygens (including phenoxy) is 1. The summed E-state index contributed by atoms with van der Waals surface area (Å²) in [5.41, 5.74) is 11.3. The van der Waals surface area contributed by atoms with E-state index < -0.39 is 6.04 Å². The van der Waals surface area contributed by atoms with E-state index in [1.54, 1.807) is 6.07 Å². The van der Waals surface area contributed by atoms with Crippen LogP contribution in [0, 0.1) is 0 Å². The first kappa shape index (κ1) is 14.3. The van der Waals surface area contributed by atoms with Gasteiger partial charge in [0.25, 0.3) is 0 Å². The van der Waals surface area contributed by atoms with Crippen molar-refractivity contribution in [1.29, 1.82) is 0 Å². The fourth-order valence-electron chi connectivity index (χ4n) is 2.09. The Labute approximate surface area is 117 Å². The Balaban J connectivity index is 2.24. The Morgan fingerprint density at radius 1 is 1.50 bits per heavy atom. The van der Waals surface area contributed by atoms with Gasteiger partial charge in [-0.05, 0) is 13.8 Å². The minimum Gasteiger partial charge on any atom is -0.383 e. The molecule has 1 unspecified atom stereocenters. The van der Waals surface area contributed by atoms with Gasteiger partial charge < -0.3 is 26.4 Å². The highest BCUT2D eigenvalue weighted by Crippen LogP contribution is 2.20. The summed E-state index contributed by atoms with van der Waals surface area (Å²) in [7, 11) is 0. The molecule has 1 aliphatic rings. The number of morpholine rings is 1. The molecule has 8 heteroatoms. The number of hydrogen-bond acceptors (Lipinski definition) is 7. The number of nitrogens with one attached hydrogen (secondary N) is 1. The summed E-state index contributed by atoms with van der Waals surface area (Å²) in [4.78, 5) is 22.0. The third-order valence-corrected chi connectivity index (χ3v) is 2.91. The first-order valence-corrected chi connectivity index (χ1v) is 6.52. The lowest BCUT2D eigenvalue weighted by Gasteiger charge is -2.35. The average molecular weight is 280 g/mol. The largest absolute Gasteiger partial charge is 0.383 e. The quantitative estimate of drug-likeness (QED) is 0.674. The van der Waals surface area contributed by atoms with Crippen molar-refractivity contribution >= 4 is 23.5 Å². The van der Waals surface area contributed by atoms with Gasteiger partial charge in [-0.1, -0.05) is 0 Å². The molecule has 0 spiro atoms. The summed E-state index contributed by atoms with van der Waals surface area (Å²) in [6.07, 6.45) is 0. The fraction of sp³-hybridized carbons (Fsp3) is 0.583. The van der Waals surface area contributed by atoms with Crippen molar-refractivity contribution in [3.8, 4) is 0 Å². The minimum absolute atomic E-state index is 0.0619. The highest BCUT2D eigenvalue weighted by atomic mass is 16.5. The summed E-state index contributed by atoms with van der Waals surface area (Å²) in [5.74, 6) is 0.814. The van der Waals surface area contributed by atoms with Gasteiger partial charge in [0.1, 0.15) is 17.7 Å². The number of amides is 1. The molecule has 5 N–H and O–H groups in total. The smallest absolute Gasteiger partial charge is 0.245 e. The highest BCUT2D eigenvalue weighted by Gasteiger charge is 2.31. The van der Waals surface area contributed by atoms with E-state index in [4.69, 9.17) is 16.2 Å². The number of nitrogen functional groups attached to an aromatic ring is 2. The van der Waals surface area contributed by atoms with E-state index in [1.165, 1.54) is 0 Å². The first-order valence-electron chi connectivity index (χ1n) is 6.52. The average Bonchev–Trinajstić information content (AvgIpc) is 2.36. The highest BCUT2D eigenvalue weighted by molar-refractivity contribution is 5.85. The normalized spacial score (nSPS) is 19.1. The zero-order valence-corrected chi connectivity index (χ0v) is 11.7. The SMILES string of the molecule is CC(C)NC(=O)C1COCCN1c1cc(N)nc(N)n1. The van der Waals surface area contributed by atoms with Crippen LogP contribution in [0.15, 0.2) is 6.07 Å². The molecule has 110 valence electrons. The zero-order chi connectivity index (χ0) is 14.7. The molecule has 2 heterocycles. The van der Waals surface area contributed by atoms with Gasteiger partial charge in [0.2, 0.25) is 11.9 Å². The summed E-state index contributed by atoms with van der Waals surface area (Å²) in [6.45, 7) is 5.20. The predicted octanol–water partition coefficient (Wildman–Crippen LogP) is -0.629. The van der Waals surface area contributed by atoms with E-state index in [0.717, 1.165) is 0 Å². The molecule has 1 fully saturated rings. The van der Waals surface area contributed by atoms with Crippen LogP contribution in [0.4, 0.5) is 17.6 Å². The van der Waals surface area contributed by atoms with Gasteiger partial charge in [-0.25, -0.2) is 0 Å². The van der Waals surface area contributed by atoms with E-state index in [-0.39, 0.29) is 23.7 Å². The molecule has 0 aliphatic carbocycles. The Hall–Kier alpha value is -2.09. The Kier molecular flexibility index (Phi) is 4.23. The van der Waals surface area contributed by atoms with Gasteiger partial charge >= 0.3 is 0 Å². The fourth-order valence-corrected chi connectivity index (χ4v) is 2.09. The Morgan fingerprint density at radius 2 is 2.25 bits per heavy atom. The van der Waals surface area contributed by atoms with Crippen molar-refractivity contribution in [1.82, 2.24) is 15.3 Å². The van der Waals surface area contributed by atoms with E-state index in [1.807, 2.05) is 18.7 Å². The Bertz CT molecular complexity index is 473. The van der Waals surface area contributed by atoms with Gasteiger partial charge in [0, 0.05) is 18.7 Å². The lowest BCUT2D eigenvalue weighted by atomic mass is 10.2. The van der Waals surface area contributed by atoms with Crippen molar-refractivity contribution in [2.75, 3.05) is 36.1 Å². The second-order valence-corrected chi connectivity index (χ2v) is 4.96. The molecule has 1 aromatic heterocycles. The lowest BCUT2D eigenvalue weighted by Crippen LogP contribution is -2.55. The second kappa shape index (κ2) is 5.91. The number of nitrogens with two attached hydrogens (primary N) is 2. The van der Waals surface area contributed by atoms with Gasteiger partial charge in [0.05, 0.1) is 13.2 Å². The van der Waals surface area contributed by atoms with Crippen LogP contribution in [0.5, 0.6) is 0 Å². The lowest BCUT2D eigenvalue weighted by molar-refractivity contribution is -0.125. The molecule has 0 saturated carbocycles. The molecule has 8 nitrogen and oxygen atoms in total. The molecule has 20 heavy (non-hydrogen) atoms. The van der Waals surface area contributed by atoms with Crippen LogP contribution in [-0.2, 0) is 9.53 Å². The molecule has 1 aliphatic heterocycles. The van der Waals surface area contributed by atoms with Crippen molar-refractivity contribution in [2.45, 2.75) is 25.9 Å². The number of carbonyl (C=O) groups is 1. The van der Waals surface area contributed by atoms with E-state index in [0.29, 0.717) is 25.6 Å².